The van der Waals surface area contributed by atoms with Gasteiger partial charge in [-0.3, -0.25) is 19.5 Å². The van der Waals surface area contributed by atoms with E-state index in [0.717, 1.165) is 5.56 Å². The van der Waals surface area contributed by atoms with Crippen LogP contribution in [0.1, 0.15) is 25.5 Å². The molecule has 1 aliphatic heterocycles. The van der Waals surface area contributed by atoms with Gasteiger partial charge in [0.05, 0.1) is 31.1 Å². The number of esters is 2. The first-order valence-electron chi connectivity index (χ1n) is 7.53. The fraction of sp³-hybridized carbons (Fsp3) is 0.562. The number of nitrogens with zero attached hydrogens (tertiary/aromatic N) is 2. The molecule has 1 aromatic rings. The molecule has 6 nitrogen and oxygen atoms in total. The number of pyridine rings is 1. The van der Waals surface area contributed by atoms with Gasteiger partial charge in [0.15, 0.2) is 0 Å². The summed E-state index contributed by atoms with van der Waals surface area (Å²) < 4.78 is 10.3. The maximum Gasteiger partial charge on any atom is 0.311 e. The van der Waals surface area contributed by atoms with Crippen molar-refractivity contribution in [3.63, 3.8) is 0 Å². The van der Waals surface area contributed by atoms with Gasteiger partial charge in [0, 0.05) is 18.9 Å². The lowest BCUT2D eigenvalue weighted by Gasteiger charge is -2.24. The molecule has 22 heavy (non-hydrogen) atoms. The van der Waals surface area contributed by atoms with Gasteiger partial charge in [-0.25, -0.2) is 0 Å². The Kier molecular flexibility index (Phi) is 5.49. The molecular weight excluding hydrogens is 284 g/mol. The van der Waals surface area contributed by atoms with E-state index in [2.05, 4.69) is 4.98 Å². The number of hydrogen-bond donors (Lipinski definition) is 0. The Hall–Kier alpha value is -1.95. The molecule has 0 spiro atoms. The molecule has 6 heteroatoms. The quantitative estimate of drug-likeness (QED) is 0.767. The van der Waals surface area contributed by atoms with Crippen molar-refractivity contribution < 1.29 is 19.1 Å². The van der Waals surface area contributed by atoms with Gasteiger partial charge in [-0.05, 0) is 32.5 Å². The minimum absolute atomic E-state index is 0.234. The number of carbonyl (C=O) groups excluding carboxylic acids is 2. The Morgan fingerprint density at radius 1 is 1.27 bits per heavy atom. The van der Waals surface area contributed by atoms with E-state index < -0.39 is 11.8 Å². The lowest BCUT2D eigenvalue weighted by Crippen LogP contribution is -2.33. The molecule has 0 radical (unpaired) electrons. The topological polar surface area (TPSA) is 68.7 Å². The summed E-state index contributed by atoms with van der Waals surface area (Å²) in [5, 5.41) is 0. The SMILES string of the molecule is CCOC(=O)[C@@H]1[C@@H](C(=O)OCC)CN(C)[C@@H]1c1cccnc1. The third kappa shape index (κ3) is 3.27. The Bertz CT molecular complexity index is 520. The second-order valence-electron chi connectivity index (χ2n) is 5.31. The minimum Gasteiger partial charge on any atom is -0.466 e. The van der Waals surface area contributed by atoms with E-state index in [1.807, 2.05) is 24.1 Å². The first-order chi connectivity index (χ1) is 10.6. The van der Waals surface area contributed by atoms with Crippen molar-refractivity contribution in [1.82, 2.24) is 9.88 Å². The second-order valence-corrected chi connectivity index (χ2v) is 5.31. The Morgan fingerprint density at radius 3 is 2.55 bits per heavy atom. The Balaban J connectivity index is 2.34. The number of likely N-dealkylation sites (tertiary alicyclic amines) is 1. The van der Waals surface area contributed by atoms with Crippen molar-refractivity contribution >= 4 is 11.9 Å². The third-order valence-electron chi connectivity index (χ3n) is 3.91. The zero-order valence-electron chi connectivity index (χ0n) is 13.2. The van der Waals surface area contributed by atoms with Crippen LogP contribution in [0.2, 0.25) is 0 Å². The normalized spacial score (nSPS) is 25.0. The Labute approximate surface area is 130 Å². The summed E-state index contributed by atoms with van der Waals surface area (Å²) in [4.78, 5) is 30.7. The number of hydrogen-bond acceptors (Lipinski definition) is 6. The molecule has 0 bridgehead atoms. The van der Waals surface area contributed by atoms with E-state index in [1.165, 1.54) is 0 Å². The molecule has 120 valence electrons. The molecule has 2 heterocycles. The van der Waals surface area contributed by atoms with Crippen molar-refractivity contribution in [2.24, 2.45) is 11.8 Å². The van der Waals surface area contributed by atoms with Gasteiger partial charge in [-0.15, -0.1) is 0 Å². The molecule has 1 fully saturated rings. The molecule has 0 aromatic carbocycles. The molecular formula is C16H22N2O4. The van der Waals surface area contributed by atoms with Gasteiger partial charge in [-0.1, -0.05) is 6.07 Å². The van der Waals surface area contributed by atoms with Gasteiger partial charge in [0.1, 0.15) is 0 Å². The average molecular weight is 306 g/mol. The highest BCUT2D eigenvalue weighted by atomic mass is 16.5. The number of aromatic nitrogens is 1. The van der Waals surface area contributed by atoms with Crippen molar-refractivity contribution in [3.8, 4) is 0 Å². The van der Waals surface area contributed by atoms with Crippen LogP contribution in [0, 0.1) is 11.8 Å². The van der Waals surface area contributed by atoms with Crippen LogP contribution in [0.5, 0.6) is 0 Å². The Morgan fingerprint density at radius 2 is 1.95 bits per heavy atom. The van der Waals surface area contributed by atoms with Gasteiger partial charge in [0.25, 0.3) is 0 Å². The number of rotatable bonds is 5. The van der Waals surface area contributed by atoms with E-state index in [9.17, 15) is 9.59 Å². The molecule has 1 aliphatic rings. The molecule has 2 rings (SSSR count). The fourth-order valence-electron chi connectivity index (χ4n) is 3.05. The van der Waals surface area contributed by atoms with E-state index in [0.29, 0.717) is 13.2 Å². The van der Waals surface area contributed by atoms with Crippen molar-refractivity contribution in [2.75, 3.05) is 26.8 Å². The highest BCUT2D eigenvalue weighted by Gasteiger charge is 2.49. The summed E-state index contributed by atoms with van der Waals surface area (Å²) in [6.07, 6.45) is 3.40. The van der Waals surface area contributed by atoms with Gasteiger partial charge in [0.2, 0.25) is 0 Å². The average Bonchev–Trinajstić information content (AvgIpc) is 2.86. The van der Waals surface area contributed by atoms with Crippen LogP contribution in [0.3, 0.4) is 0 Å². The van der Waals surface area contributed by atoms with Crippen LogP contribution >= 0.6 is 0 Å². The van der Waals surface area contributed by atoms with E-state index in [-0.39, 0.29) is 24.6 Å². The maximum absolute atomic E-state index is 12.4. The highest BCUT2D eigenvalue weighted by molar-refractivity contribution is 5.84. The zero-order valence-corrected chi connectivity index (χ0v) is 13.2. The summed E-state index contributed by atoms with van der Waals surface area (Å²) in [6.45, 7) is 4.56. The summed E-state index contributed by atoms with van der Waals surface area (Å²) in [5.74, 6) is -1.81. The first kappa shape index (κ1) is 16.4. The van der Waals surface area contributed by atoms with Crippen LogP contribution in [-0.4, -0.2) is 48.6 Å². The summed E-state index contributed by atoms with van der Waals surface area (Å²) in [7, 11) is 1.89. The minimum atomic E-state index is -0.576. The van der Waals surface area contributed by atoms with Crippen LogP contribution in [0.4, 0.5) is 0 Å². The molecule has 0 saturated carbocycles. The van der Waals surface area contributed by atoms with Gasteiger partial charge >= 0.3 is 11.9 Å². The number of carbonyl (C=O) groups is 2. The maximum atomic E-state index is 12.4. The van der Waals surface area contributed by atoms with Gasteiger partial charge < -0.3 is 9.47 Å². The molecule has 0 unspecified atom stereocenters. The fourth-order valence-corrected chi connectivity index (χ4v) is 3.05. The molecule has 0 N–H and O–H groups in total. The van der Waals surface area contributed by atoms with Crippen molar-refractivity contribution in [3.05, 3.63) is 30.1 Å². The van der Waals surface area contributed by atoms with Crippen LogP contribution in [-0.2, 0) is 19.1 Å². The van der Waals surface area contributed by atoms with Crippen molar-refractivity contribution in [2.45, 2.75) is 19.9 Å². The van der Waals surface area contributed by atoms with Crippen LogP contribution < -0.4 is 0 Å². The highest BCUT2D eigenvalue weighted by Crippen LogP contribution is 2.41. The van der Waals surface area contributed by atoms with Crippen molar-refractivity contribution in [1.29, 1.82) is 0 Å². The van der Waals surface area contributed by atoms with Gasteiger partial charge in [-0.2, -0.15) is 0 Å². The standard InChI is InChI=1S/C16H22N2O4/c1-4-21-15(19)12-10-18(3)14(11-7-6-8-17-9-11)13(12)16(20)22-5-2/h6-9,12-14H,4-5,10H2,1-3H3/t12-,13+,14+/m0/s1. The largest absolute Gasteiger partial charge is 0.466 e. The number of ether oxygens (including phenoxy) is 2. The molecule has 1 aromatic heterocycles. The smallest absolute Gasteiger partial charge is 0.311 e. The lowest BCUT2D eigenvalue weighted by atomic mass is 9.87. The second kappa shape index (κ2) is 7.35. The predicted octanol–water partition coefficient (Wildman–Crippen LogP) is 1.43. The third-order valence-corrected chi connectivity index (χ3v) is 3.91. The molecule has 0 aliphatic carbocycles. The lowest BCUT2D eigenvalue weighted by molar-refractivity contribution is -0.159. The molecule has 0 amide bonds. The van der Waals surface area contributed by atoms with E-state index in [4.69, 9.17) is 9.47 Å². The predicted molar refractivity (Wildman–Crippen MR) is 79.9 cm³/mol. The molecule has 1 saturated heterocycles. The van der Waals surface area contributed by atoms with Crippen LogP contribution in [0.15, 0.2) is 24.5 Å². The first-order valence-corrected chi connectivity index (χ1v) is 7.53. The monoisotopic (exact) mass is 306 g/mol. The van der Waals surface area contributed by atoms with E-state index >= 15 is 0 Å². The van der Waals surface area contributed by atoms with Crippen LogP contribution in [0.25, 0.3) is 0 Å². The zero-order chi connectivity index (χ0) is 16.1. The van der Waals surface area contributed by atoms with E-state index in [1.54, 1.807) is 26.2 Å². The summed E-state index contributed by atoms with van der Waals surface area (Å²) in [6, 6.07) is 3.50. The summed E-state index contributed by atoms with van der Waals surface area (Å²) in [5.41, 5.74) is 0.898. The summed E-state index contributed by atoms with van der Waals surface area (Å²) >= 11 is 0. The molecule has 3 atom stereocenters.